The van der Waals surface area contributed by atoms with Crippen molar-refractivity contribution in [1.29, 1.82) is 0 Å². The van der Waals surface area contributed by atoms with Gasteiger partial charge in [0.25, 0.3) is 0 Å². The van der Waals surface area contributed by atoms with Crippen molar-refractivity contribution in [3.63, 3.8) is 0 Å². The molecule has 0 heterocycles. The van der Waals surface area contributed by atoms with Crippen LogP contribution in [0, 0.1) is 11.2 Å². The van der Waals surface area contributed by atoms with E-state index < -0.39 is 5.41 Å². The number of halogens is 1. The molecule has 146 valence electrons. The molecule has 0 bridgehead atoms. The lowest BCUT2D eigenvalue weighted by Crippen LogP contribution is -2.44. The Labute approximate surface area is 155 Å². The molecule has 0 fully saturated rings. The van der Waals surface area contributed by atoms with Crippen LogP contribution < -0.4 is 20.7 Å². The van der Waals surface area contributed by atoms with Crippen LogP contribution >= 0.6 is 0 Å². The van der Waals surface area contributed by atoms with Crippen molar-refractivity contribution in [2.45, 2.75) is 40.7 Å². The molecular formula is C19H31FN4O2. The monoisotopic (exact) mass is 366 g/mol. The molecule has 1 unspecified atom stereocenters. The number of nitrogens with zero attached hydrogens (tertiary/aromatic N) is 1. The Morgan fingerprint density at radius 3 is 2.54 bits per heavy atom. The first kappa shape index (κ1) is 21.7. The van der Waals surface area contributed by atoms with Gasteiger partial charge in [-0.3, -0.25) is 9.79 Å². The Balaban J connectivity index is 2.59. The molecule has 0 aliphatic carbocycles. The number of aliphatic imine (C=N–C) groups is 1. The molecule has 1 aromatic rings. The fourth-order valence-electron chi connectivity index (χ4n) is 2.14. The largest absolute Gasteiger partial charge is 0.489 e. The van der Waals surface area contributed by atoms with Gasteiger partial charge in [0, 0.05) is 19.2 Å². The van der Waals surface area contributed by atoms with E-state index in [1.165, 1.54) is 12.1 Å². The molecule has 0 aliphatic heterocycles. The van der Waals surface area contributed by atoms with E-state index >= 15 is 0 Å². The maximum Gasteiger partial charge on any atom is 0.227 e. The van der Waals surface area contributed by atoms with E-state index in [2.05, 4.69) is 20.9 Å². The zero-order valence-electron chi connectivity index (χ0n) is 16.4. The van der Waals surface area contributed by atoms with E-state index in [-0.39, 0.29) is 17.8 Å². The van der Waals surface area contributed by atoms with Crippen LogP contribution in [0.15, 0.2) is 29.3 Å². The van der Waals surface area contributed by atoms with Crippen molar-refractivity contribution >= 4 is 11.9 Å². The normalized spacial score (nSPS) is 13.1. The number of carbonyl (C=O) groups is 1. The molecule has 0 saturated heterocycles. The number of ether oxygens (including phenoxy) is 1. The lowest BCUT2D eigenvalue weighted by atomic mass is 9.92. The van der Waals surface area contributed by atoms with E-state index in [9.17, 15) is 9.18 Å². The number of nitrogens with one attached hydrogen (secondary N) is 3. The summed E-state index contributed by atoms with van der Waals surface area (Å²) in [5, 5.41) is 9.16. The van der Waals surface area contributed by atoms with Gasteiger partial charge in [0.1, 0.15) is 17.7 Å². The van der Waals surface area contributed by atoms with Crippen LogP contribution in [0.25, 0.3) is 0 Å². The maximum atomic E-state index is 13.2. The number of hydrogen-bond acceptors (Lipinski definition) is 3. The Kier molecular flexibility index (Phi) is 8.88. The van der Waals surface area contributed by atoms with Crippen LogP contribution in [-0.2, 0) is 4.79 Å². The molecule has 1 amide bonds. The first-order valence-corrected chi connectivity index (χ1v) is 9.01. The van der Waals surface area contributed by atoms with E-state index in [0.717, 1.165) is 0 Å². The molecule has 1 rings (SSSR count). The van der Waals surface area contributed by atoms with Gasteiger partial charge in [-0.15, -0.1) is 0 Å². The topological polar surface area (TPSA) is 74.8 Å². The molecule has 0 aliphatic rings. The number of amides is 1. The van der Waals surface area contributed by atoms with Gasteiger partial charge in [-0.2, -0.15) is 0 Å². The zero-order valence-corrected chi connectivity index (χ0v) is 16.4. The second kappa shape index (κ2) is 10.6. The third-order valence-electron chi connectivity index (χ3n) is 3.62. The summed E-state index contributed by atoms with van der Waals surface area (Å²) in [6, 6.07) is 6.06. The third kappa shape index (κ3) is 7.72. The molecule has 6 nitrogen and oxygen atoms in total. The summed E-state index contributed by atoms with van der Waals surface area (Å²) in [6.45, 7) is 11.6. The molecule has 1 aromatic carbocycles. The highest BCUT2D eigenvalue weighted by atomic mass is 19.1. The second-order valence-electron chi connectivity index (χ2n) is 6.71. The quantitative estimate of drug-likeness (QED) is 0.463. The SMILES string of the molecule is CCNC(=O)C(C)(C)CN=C(NCC)NCC(C)Oc1cccc(F)c1. The number of guanidine groups is 1. The Bertz CT molecular complexity index is 605. The van der Waals surface area contributed by atoms with Crippen molar-refractivity contribution in [2.24, 2.45) is 10.4 Å². The fraction of sp³-hybridized carbons (Fsp3) is 0.579. The van der Waals surface area contributed by atoms with Gasteiger partial charge in [0.05, 0.1) is 18.5 Å². The minimum Gasteiger partial charge on any atom is -0.489 e. The molecule has 3 N–H and O–H groups in total. The van der Waals surface area contributed by atoms with Crippen LogP contribution in [0.2, 0.25) is 0 Å². The lowest BCUT2D eigenvalue weighted by Gasteiger charge is -2.22. The van der Waals surface area contributed by atoms with Crippen molar-refractivity contribution in [1.82, 2.24) is 16.0 Å². The maximum absolute atomic E-state index is 13.2. The summed E-state index contributed by atoms with van der Waals surface area (Å²) in [4.78, 5) is 16.6. The van der Waals surface area contributed by atoms with E-state index in [1.54, 1.807) is 12.1 Å². The van der Waals surface area contributed by atoms with Crippen LogP contribution in [0.4, 0.5) is 4.39 Å². The Hall–Kier alpha value is -2.31. The van der Waals surface area contributed by atoms with Crippen molar-refractivity contribution in [3.05, 3.63) is 30.1 Å². The Morgan fingerprint density at radius 1 is 1.23 bits per heavy atom. The number of benzene rings is 1. The number of carbonyl (C=O) groups excluding carboxylic acids is 1. The molecule has 1 atom stereocenters. The summed E-state index contributed by atoms with van der Waals surface area (Å²) in [7, 11) is 0. The summed E-state index contributed by atoms with van der Waals surface area (Å²) in [5.41, 5.74) is -0.595. The van der Waals surface area contributed by atoms with Crippen LogP contribution in [-0.4, -0.2) is 44.1 Å². The van der Waals surface area contributed by atoms with Crippen molar-refractivity contribution in [2.75, 3.05) is 26.2 Å². The molecule has 0 radical (unpaired) electrons. The van der Waals surface area contributed by atoms with Gasteiger partial charge in [-0.05, 0) is 46.8 Å². The first-order valence-electron chi connectivity index (χ1n) is 9.01. The standard InChI is InChI=1S/C19H31FN4O2/c1-6-21-17(25)19(4,5)13-24-18(22-7-2)23-12-14(3)26-16-10-8-9-15(20)11-16/h8-11,14H,6-7,12-13H2,1-5H3,(H,21,25)(H2,22,23,24). The smallest absolute Gasteiger partial charge is 0.227 e. The lowest BCUT2D eigenvalue weighted by molar-refractivity contribution is -0.128. The van der Waals surface area contributed by atoms with E-state index in [4.69, 9.17) is 4.74 Å². The summed E-state index contributed by atoms with van der Waals surface area (Å²) < 4.78 is 18.9. The van der Waals surface area contributed by atoms with Gasteiger partial charge in [0.2, 0.25) is 5.91 Å². The van der Waals surface area contributed by atoms with Crippen molar-refractivity contribution < 1.29 is 13.9 Å². The molecule has 0 aromatic heterocycles. The van der Waals surface area contributed by atoms with E-state index in [0.29, 0.717) is 37.9 Å². The Morgan fingerprint density at radius 2 is 1.92 bits per heavy atom. The first-order chi connectivity index (χ1) is 12.3. The molecule has 0 saturated carbocycles. The number of rotatable bonds is 9. The predicted molar refractivity (Wildman–Crippen MR) is 103 cm³/mol. The fourth-order valence-corrected chi connectivity index (χ4v) is 2.14. The summed E-state index contributed by atoms with van der Waals surface area (Å²) in [5.74, 6) is 0.741. The van der Waals surface area contributed by atoms with Gasteiger partial charge < -0.3 is 20.7 Å². The van der Waals surface area contributed by atoms with Crippen LogP contribution in [0.3, 0.4) is 0 Å². The molecule has 26 heavy (non-hydrogen) atoms. The third-order valence-corrected chi connectivity index (χ3v) is 3.62. The zero-order chi connectivity index (χ0) is 19.6. The predicted octanol–water partition coefficient (Wildman–Crippen LogP) is 2.31. The highest BCUT2D eigenvalue weighted by Crippen LogP contribution is 2.15. The average molecular weight is 366 g/mol. The van der Waals surface area contributed by atoms with Crippen LogP contribution in [0.5, 0.6) is 5.75 Å². The van der Waals surface area contributed by atoms with Gasteiger partial charge in [0.15, 0.2) is 5.96 Å². The van der Waals surface area contributed by atoms with Crippen LogP contribution in [0.1, 0.15) is 34.6 Å². The molecular weight excluding hydrogens is 335 g/mol. The summed E-state index contributed by atoms with van der Waals surface area (Å²) in [6.07, 6.45) is -0.183. The average Bonchev–Trinajstić information content (AvgIpc) is 2.57. The van der Waals surface area contributed by atoms with Gasteiger partial charge in [-0.25, -0.2) is 4.39 Å². The highest BCUT2D eigenvalue weighted by Gasteiger charge is 2.26. The van der Waals surface area contributed by atoms with E-state index in [1.807, 2.05) is 34.6 Å². The van der Waals surface area contributed by atoms with Crippen molar-refractivity contribution in [3.8, 4) is 5.75 Å². The minimum absolute atomic E-state index is 0.0256. The minimum atomic E-state index is -0.595. The molecule has 0 spiro atoms. The molecule has 7 heteroatoms. The second-order valence-corrected chi connectivity index (χ2v) is 6.71. The van der Waals surface area contributed by atoms with Gasteiger partial charge in [-0.1, -0.05) is 6.07 Å². The number of hydrogen-bond donors (Lipinski definition) is 3. The van der Waals surface area contributed by atoms with Gasteiger partial charge >= 0.3 is 0 Å². The summed E-state index contributed by atoms with van der Waals surface area (Å²) >= 11 is 0. The highest BCUT2D eigenvalue weighted by molar-refractivity contribution is 5.83.